The first kappa shape index (κ1) is 12.2. The van der Waals surface area contributed by atoms with Crippen LogP contribution in [0.2, 0.25) is 0 Å². The fraction of sp³-hybridized carbons (Fsp3) is 0.231. The van der Waals surface area contributed by atoms with E-state index in [9.17, 15) is 4.79 Å². The maximum atomic E-state index is 12.2. The number of hydrogen-bond acceptors (Lipinski definition) is 3. The van der Waals surface area contributed by atoms with Gasteiger partial charge in [-0.15, -0.1) is 0 Å². The molecule has 0 fully saturated rings. The van der Waals surface area contributed by atoms with Crippen LogP contribution < -0.4 is 11.1 Å². The van der Waals surface area contributed by atoms with Crippen LogP contribution in [0.1, 0.15) is 21.5 Å². The average molecular weight is 244 g/mol. The quantitative estimate of drug-likeness (QED) is 0.847. The van der Waals surface area contributed by atoms with Crippen LogP contribution in [0.15, 0.2) is 24.4 Å². The molecule has 0 atom stereocenters. The Morgan fingerprint density at radius 1 is 1.39 bits per heavy atom. The van der Waals surface area contributed by atoms with Crippen molar-refractivity contribution in [3.05, 3.63) is 41.1 Å². The number of anilines is 2. The third kappa shape index (κ3) is 2.20. The van der Waals surface area contributed by atoms with Gasteiger partial charge >= 0.3 is 0 Å². The number of hydrogen-bond donors (Lipinski definition) is 2. The molecule has 0 unspecified atom stereocenters. The molecule has 2 aromatic rings. The Morgan fingerprint density at radius 3 is 2.72 bits per heavy atom. The Morgan fingerprint density at radius 2 is 2.11 bits per heavy atom. The lowest BCUT2D eigenvalue weighted by Crippen LogP contribution is -2.16. The summed E-state index contributed by atoms with van der Waals surface area (Å²) in [5.74, 6) is 0.340. The van der Waals surface area contributed by atoms with Gasteiger partial charge in [-0.05, 0) is 25.5 Å². The number of aromatic nitrogens is 2. The van der Waals surface area contributed by atoms with Crippen LogP contribution in [-0.4, -0.2) is 15.7 Å². The highest BCUT2D eigenvalue weighted by molar-refractivity contribution is 6.06. The summed E-state index contributed by atoms with van der Waals surface area (Å²) in [6.45, 7) is 3.86. The molecule has 0 bridgehead atoms. The van der Waals surface area contributed by atoms with Crippen molar-refractivity contribution < 1.29 is 4.79 Å². The largest absolute Gasteiger partial charge is 0.394 e. The number of nitrogens with one attached hydrogen (secondary N) is 1. The Balaban J connectivity index is 2.30. The first-order chi connectivity index (χ1) is 8.49. The maximum absolute atomic E-state index is 12.2. The van der Waals surface area contributed by atoms with E-state index in [4.69, 9.17) is 5.73 Å². The molecule has 5 nitrogen and oxygen atoms in total. The molecule has 0 spiro atoms. The van der Waals surface area contributed by atoms with Crippen LogP contribution in [0, 0.1) is 13.8 Å². The SMILES string of the molecule is Cc1ccc(C)c(C(=O)Nc2c(N)cnn2C)c1. The van der Waals surface area contributed by atoms with Gasteiger partial charge in [0.2, 0.25) is 0 Å². The number of rotatable bonds is 2. The second kappa shape index (κ2) is 4.52. The summed E-state index contributed by atoms with van der Waals surface area (Å²) in [5.41, 5.74) is 8.82. The number of nitrogen functional groups attached to an aromatic ring is 1. The van der Waals surface area contributed by atoms with Crippen LogP contribution >= 0.6 is 0 Å². The molecule has 0 saturated carbocycles. The molecular formula is C13H16N4O. The summed E-state index contributed by atoms with van der Waals surface area (Å²) >= 11 is 0. The normalized spacial score (nSPS) is 10.4. The van der Waals surface area contributed by atoms with Crippen molar-refractivity contribution in [2.75, 3.05) is 11.1 Å². The van der Waals surface area contributed by atoms with Crippen LogP contribution in [0.25, 0.3) is 0 Å². The Labute approximate surface area is 106 Å². The molecule has 0 saturated heterocycles. The highest BCUT2D eigenvalue weighted by Crippen LogP contribution is 2.18. The van der Waals surface area contributed by atoms with E-state index in [0.29, 0.717) is 17.1 Å². The Bertz CT molecular complexity index is 582. The van der Waals surface area contributed by atoms with Crippen LogP contribution in [0.5, 0.6) is 0 Å². The fourth-order valence-corrected chi connectivity index (χ4v) is 1.76. The van der Waals surface area contributed by atoms with Crippen molar-refractivity contribution in [1.82, 2.24) is 9.78 Å². The second-order valence-electron chi connectivity index (χ2n) is 4.34. The lowest BCUT2D eigenvalue weighted by Gasteiger charge is -2.09. The van der Waals surface area contributed by atoms with Crippen molar-refractivity contribution in [3.63, 3.8) is 0 Å². The minimum absolute atomic E-state index is 0.175. The van der Waals surface area contributed by atoms with E-state index < -0.39 is 0 Å². The number of benzene rings is 1. The van der Waals surface area contributed by atoms with E-state index in [-0.39, 0.29) is 5.91 Å². The minimum atomic E-state index is -0.175. The fourth-order valence-electron chi connectivity index (χ4n) is 1.76. The van der Waals surface area contributed by atoms with Gasteiger partial charge in [0.05, 0.1) is 11.9 Å². The van der Waals surface area contributed by atoms with E-state index in [1.54, 1.807) is 11.7 Å². The maximum Gasteiger partial charge on any atom is 0.257 e. The van der Waals surface area contributed by atoms with E-state index in [1.807, 2.05) is 32.0 Å². The standard InChI is InChI=1S/C13H16N4O/c1-8-4-5-9(2)10(6-8)13(18)16-12-11(14)7-15-17(12)3/h4-7H,14H2,1-3H3,(H,16,18). The van der Waals surface area contributed by atoms with Crippen LogP contribution in [0.3, 0.4) is 0 Å². The van der Waals surface area contributed by atoms with E-state index in [2.05, 4.69) is 10.4 Å². The van der Waals surface area contributed by atoms with Gasteiger partial charge in [0.25, 0.3) is 5.91 Å². The molecule has 1 aromatic heterocycles. The molecule has 94 valence electrons. The van der Waals surface area contributed by atoms with Crippen LogP contribution in [0.4, 0.5) is 11.5 Å². The number of carbonyl (C=O) groups excluding carboxylic acids is 1. The molecule has 2 rings (SSSR count). The summed E-state index contributed by atoms with van der Waals surface area (Å²) in [6, 6.07) is 5.76. The molecule has 0 radical (unpaired) electrons. The van der Waals surface area contributed by atoms with E-state index >= 15 is 0 Å². The molecule has 1 amide bonds. The lowest BCUT2D eigenvalue weighted by molar-refractivity contribution is 0.102. The van der Waals surface area contributed by atoms with Crippen molar-refractivity contribution in [2.45, 2.75) is 13.8 Å². The summed E-state index contributed by atoms with van der Waals surface area (Å²) in [6.07, 6.45) is 1.51. The molecule has 1 aromatic carbocycles. The van der Waals surface area contributed by atoms with Gasteiger partial charge in [-0.3, -0.25) is 9.48 Å². The predicted molar refractivity (Wildman–Crippen MR) is 71.5 cm³/mol. The smallest absolute Gasteiger partial charge is 0.257 e. The van der Waals surface area contributed by atoms with Gasteiger partial charge in [-0.2, -0.15) is 5.10 Å². The van der Waals surface area contributed by atoms with Gasteiger partial charge in [-0.25, -0.2) is 0 Å². The molecule has 18 heavy (non-hydrogen) atoms. The zero-order valence-corrected chi connectivity index (χ0v) is 10.7. The number of aryl methyl sites for hydroxylation is 3. The predicted octanol–water partition coefficient (Wildman–Crippen LogP) is 1.87. The number of nitrogens with zero attached hydrogens (tertiary/aromatic N) is 2. The van der Waals surface area contributed by atoms with E-state index in [0.717, 1.165) is 11.1 Å². The number of amides is 1. The molecule has 5 heteroatoms. The summed E-state index contributed by atoms with van der Waals surface area (Å²) in [4.78, 5) is 12.2. The summed E-state index contributed by atoms with van der Waals surface area (Å²) in [7, 11) is 1.73. The highest BCUT2D eigenvalue weighted by Gasteiger charge is 2.13. The summed E-state index contributed by atoms with van der Waals surface area (Å²) in [5, 5.41) is 6.76. The molecule has 0 aliphatic heterocycles. The van der Waals surface area contributed by atoms with Gasteiger partial charge < -0.3 is 11.1 Å². The van der Waals surface area contributed by atoms with Gasteiger partial charge in [-0.1, -0.05) is 17.7 Å². The number of nitrogens with two attached hydrogens (primary N) is 1. The third-order valence-electron chi connectivity index (χ3n) is 2.84. The second-order valence-corrected chi connectivity index (χ2v) is 4.34. The zero-order chi connectivity index (χ0) is 13.3. The Hall–Kier alpha value is -2.30. The van der Waals surface area contributed by atoms with Crippen molar-refractivity contribution in [3.8, 4) is 0 Å². The number of carbonyl (C=O) groups is 1. The monoisotopic (exact) mass is 244 g/mol. The van der Waals surface area contributed by atoms with Crippen molar-refractivity contribution >= 4 is 17.4 Å². The topological polar surface area (TPSA) is 72.9 Å². The lowest BCUT2D eigenvalue weighted by atomic mass is 10.1. The van der Waals surface area contributed by atoms with Crippen molar-refractivity contribution in [2.24, 2.45) is 7.05 Å². The highest BCUT2D eigenvalue weighted by atomic mass is 16.1. The zero-order valence-electron chi connectivity index (χ0n) is 10.7. The van der Waals surface area contributed by atoms with Gasteiger partial charge in [0, 0.05) is 12.6 Å². The van der Waals surface area contributed by atoms with Crippen molar-refractivity contribution in [1.29, 1.82) is 0 Å². The molecule has 0 aliphatic rings. The van der Waals surface area contributed by atoms with Crippen LogP contribution in [-0.2, 0) is 7.05 Å². The molecule has 1 heterocycles. The Kier molecular flexibility index (Phi) is 3.06. The van der Waals surface area contributed by atoms with Gasteiger partial charge in [0.1, 0.15) is 0 Å². The third-order valence-corrected chi connectivity index (χ3v) is 2.84. The molecule has 3 N–H and O–H groups in total. The molecule has 0 aliphatic carbocycles. The molecular weight excluding hydrogens is 228 g/mol. The minimum Gasteiger partial charge on any atom is -0.394 e. The first-order valence-electron chi connectivity index (χ1n) is 5.65. The van der Waals surface area contributed by atoms with E-state index in [1.165, 1.54) is 6.20 Å². The summed E-state index contributed by atoms with van der Waals surface area (Å²) < 4.78 is 1.54. The average Bonchev–Trinajstić information content (AvgIpc) is 2.64. The van der Waals surface area contributed by atoms with Gasteiger partial charge in [0.15, 0.2) is 5.82 Å². The first-order valence-corrected chi connectivity index (χ1v) is 5.65.